The Labute approximate surface area is 117 Å². The Kier molecular flexibility index (Phi) is 4.61. The zero-order valence-corrected chi connectivity index (χ0v) is 11.0. The average Bonchev–Trinajstić information content (AvgIpc) is 2.78. The zero-order valence-electron chi connectivity index (χ0n) is 10.2. The van der Waals surface area contributed by atoms with E-state index in [1.165, 1.54) is 0 Å². The SMILES string of the molecule is FC(F)(F)CNCc1nc(Cc2ccccc2Cl)no1. The summed E-state index contributed by atoms with van der Waals surface area (Å²) in [6.07, 6.45) is -3.90. The molecule has 8 heteroatoms. The van der Waals surface area contributed by atoms with Crippen molar-refractivity contribution in [2.75, 3.05) is 6.54 Å². The monoisotopic (exact) mass is 305 g/mol. The number of hydrogen-bond donors (Lipinski definition) is 1. The standard InChI is InChI=1S/C12H11ClF3N3O/c13-9-4-2-1-3-8(9)5-10-18-11(20-19-10)6-17-7-12(14,15)16/h1-4,17H,5-7H2. The van der Waals surface area contributed by atoms with Crippen LogP contribution in [-0.4, -0.2) is 22.9 Å². The topological polar surface area (TPSA) is 51.0 Å². The van der Waals surface area contributed by atoms with Crippen LogP contribution in [0.4, 0.5) is 13.2 Å². The lowest BCUT2D eigenvalue weighted by Crippen LogP contribution is -2.28. The Morgan fingerprint density at radius 2 is 2.00 bits per heavy atom. The summed E-state index contributed by atoms with van der Waals surface area (Å²) >= 11 is 5.99. The van der Waals surface area contributed by atoms with E-state index in [9.17, 15) is 13.2 Å². The molecule has 0 atom stereocenters. The van der Waals surface area contributed by atoms with Crippen molar-refractivity contribution in [3.63, 3.8) is 0 Å². The van der Waals surface area contributed by atoms with Crippen molar-refractivity contribution in [1.82, 2.24) is 15.5 Å². The maximum Gasteiger partial charge on any atom is 0.401 e. The number of hydrogen-bond acceptors (Lipinski definition) is 4. The van der Waals surface area contributed by atoms with Crippen molar-refractivity contribution in [2.45, 2.75) is 19.1 Å². The highest BCUT2D eigenvalue weighted by atomic mass is 35.5. The molecule has 108 valence electrons. The Bertz CT molecular complexity index is 571. The van der Waals surface area contributed by atoms with Gasteiger partial charge in [0, 0.05) is 11.4 Å². The van der Waals surface area contributed by atoms with Gasteiger partial charge < -0.3 is 9.84 Å². The summed E-state index contributed by atoms with van der Waals surface area (Å²) in [7, 11) is 0. The normalized spacial score (nSPS) is 11.8. The van der Waals surface area contributed by atoms with E-state index in [0.29, 0.717) is 17.3 Å². The second-order valence-corrected chi connectivity index (χ2v) is 4.50. The fraction of sp³-hybridized carbons (Fsp3) is 0.333. The van der Waals surface area contributed by atoms with Gasteiger partial charge in [-0.05, 0) is 11.6 Å². The molecule has 2 aromatic rings. The fourth-order valence-corrected chi connectivity index (χ4v) is 1.76. The summed E-state index contributed by atoms with van der Waals surface area (Å²) < 4.78 is 40.7. The van der Waals surface area contributed by atoms with Crippen LogP contribution in [-0.2, 0) is 13.0 Å². The molecule has 1 N–H and O–H groups in total. The quantitative estimate of drug-likeness (QED) is 0.922. The van der Waals surface area contributed by atoms with Gasteiger partial charge in [0.25, 0.3) is 0 Å². The minimum absolute atomic E-state index is 0.108. The highest BCUT2D eigenvalue weighted by molar-refractivity contribution is 6.31. The van der Waals surface area contributed by atoms with Gasteiger partial charge in [-0.15, -0.1) is 0 Å². The van der Waals surface area contributed by atoms with Crippen LogP contribution < -0.4 is 5.32 Å². The van der Waals surface area contributed by atoms with Crippen molar-refractivity contribution < 1.29 is 17.7 Å². The number of aromatic nitrogens is 2. The van der Waals surface area contributed by atoms with Crippen molar-refractivity contribution in [3.8, 4) is 0 Å². The summed E-state index contributed by atoms with van der Waals surface area (Å²) in [4.78, 5) is 4.00. The molecule has 0 aliphatic heterocycles. The smallest absolute Gasteiger partial charge is 0.338 e. The van der Waals surface area contributed by atoms with Gasteiger partial charge in [-0.25, -0.2) is 0 Å². The lowest BCUT2D eigenvalue weighted by atomic mass is 10.1. The molecule has 0 radical (unpaired) electrons. The Hall–Kier alpha value is -1.60. The molecule has 0 fully saturated rings. The molecule has 1 aromatic heterocycles. The van der Waals surface area contributed by atoms with E-state index in [2.05, 4.69) is 15.5 Å². The van der Waals surface area contributed by atoms with Crippen molar-refractivity contribution in [3.05, 3.63) is 46.6 Å². The summed E-state index contributed by atoms with van der Waals surface area (Å²) in [5, 5.41) is 6.46. The second kappa shape index (κ2) is 6.23. The van der Waals surface area contributed by atoms with Crippen LogP contribution in [0.15, 0.2) is 28.8 Å². The third kappa shape index (κ3) is 4.50. The molecule has 0 aliphatic rings. The van der Waals surface area contributed by atoms with Crippen LogP contribution in [0.3, 0.4) is 0 Å². The van der Waals surface area contributed by atoms with Crippen LogP contribution in [0.5, 0.6) is 0 Å². The average molecular weight is 306 g/mol. The molecule has 1 aromatic carbocycles. The van der Waals surface area contributed by atoms with Gasteiger partial charge in [0.1, 0.15) is 0 Å². The second-order valence-electron chi connectivity index (χ2n) is 4.09. The van der Waals surface area contributed by atoms with Crippen LogP contribution in [0.25, 0.3) is 0 Å². The van der Waals surface area contributed by atoms with Gasteiger partial charge in [0.15, 0.2) is 5.82 Å². The van der Waals surface area contributed by atoms with Crippen molar-refractivity contribution >= 4 is 11.6 Å². The maximum absolute atomic E-state index is 12.0. The van der Waals surface area contributed by atoms with Crippen molar-refractivity contribution in [1.29, 1.82) is 0 Å². The van der Waals surface area contributed by atoms with Crippen LogP contribution in [0.2, 0.25) is 5.02 Å². The van der Waals surface area contributed by atoms with E-state index in [1.807, 2.05) is 12.1 Å². The number of halogens is 4. The molecule has 2 rings (SSSR count). The van der Waals surface area contributed by atoms with Crippen LogP contribution >= 0.6 is 11.6 Å². The molecule has 0 amide bonds. The molecule has 0 aliphatic carbocycles. The van der Waals surface area contributed by atoms with E-state index in [1.54, 1.807) is 12.1 Å². The first-order valence-corrected chi connectivity index (χ1v) is 6.14. The van der Waals surface area contributed by atoms with E-state index < -0.39 is 12.7 Å². The fourth-order valence-electron chi connectivity index (χ4n) is 1.56. The van der Waals surface area contributed by atoms with Gasteiger partial charge in [0.2, 0.25) is 5.89 Å². The minimum atomic E-state index is -4.26. The number of nitrogens with zero attached hydrogens (tertiary/aromatic N) is 2. The van der Waals surface area contributed by atoms with E-state index in [0.717, 1.165) is 5.56 Å². The van der Waals surface area contributed by atoms with E-state index >= 15 is 0 Å². The van der Waals surface area contributed by atoms with E-state index in [4.69, 9.17) is 16.1 Å². The van der Waals surface area contributed by atoms with Gasteiger partial charge in [-0.2, -0.15) is 18.2 Å². The highest BCUT2D eigenvalue weighted by Gasteiger charge is 2.26. The Morgan fingerprint density at radius 3 is 2.70 bits per heavy atom. The molecule has 0 saturated heterocycles. The predicted molar refractivity (Wildman–Crippen MR) is 66.3 cm³/mol. The molecule has 1 heterocycles. The van der Waals surface area contributed by atoms with Crippen LogP contribution in [0.1, 0.15) is 17.3 Å². The van der Waals surface area contributed by atoms with Gasteiger partial charge in [-0.3, -0.25) is 0 Å². The summed E-state index contributed by atoms with van der Waals surface area (Å²) in [6, 6.07) is 7.19. The molecule has 0 unspecified atom stereocenters. The molecule has 4 nitrogen and oxygen atoms in total. The third-order valence-electron chi connectivity index (χ3n) is 2.42. The zero-order chi connectivity index (χ0) is 14.6. The number of rotatable bonds is 5. The maximum atomic E-state index is 12.0. The lowest BCUT2D eigenvalue weighted by molar-refractivity contribution is -0.125. The van der Waals surface area contributed by atoms with Gasteiger partial charge in [0.05, 0.1) is 13.1 Å². The third-order valence-corrected chi connectivity index (χ3v) is 2.79. The summed E-state index contributed by atoms with van der Waals surface area (Å²) in [5.74, 6) is 0.484. The summed E-state index contributed by atoms with van der Waals surface area (Å²) in [5.41, 5.74) is 0.824. The lowest BCUT2D eigenvalue weighted by Gasteiger charge is -2.05. The first-order chi connectivity index (χ1) is 9.44. The first kappa shape index (κ1) is 14.8. The first-order valence-electron chi connectivity index (χ1n) is 5.76. The largest absolute Gasteiger partial charge is 0.401 e. The van der Waals surface area contributed by atoms with E-state index in [-0.39, 0.29) is 12.4 Å². The Balaban J connectivity index is 1.91. The number of alkyl halides is 3. The Morgan fingerprint density at radius 1 is 1.25 bits per heavy atom. The highest BCUT2D eigenvalue weighted by Crippen LogP contribution is 2.17. The molecule has 0 bridgehead atoms. The molecule has 20 heavy (non-hydrogen) atoms. The van der Waals surface area contributed by atoms with Crippen LogP contribution in [0, 0.1) is 0 Å². The molecular formula is C12H11ClF3N3O. The molecular weight excluding hydrogens is 295 g/mol. The predicted octanol–water partition coefficient (Wildman–Crippen LogP) is 2.97. The molecule has 0 spiro atoms. The van der Waals surface area contributed by atoms with Gasteiger partial charge >= 0.3 is 6.18 Å². The van der Waals surface area contributed by atoms with Gasteiger partial charge in [-0.1, -0.05) is 35.0 Å². The number of benzene rings is 1. The minimum Gasteiger partial charge on any atom is -0.338 e. The summed E-state index contributed by atoms with van der Waals surface area (Å²) in [6.45, 7) is -1.23. The molecule has 0 saturated carbocycles. The van der Waals surface area contributed by atoms with Crippen molar-refractivity contribution in [2.24, 2.45) is 0 Å². The number of nitrogens with one attached hydrogen (secondary N) is 1.